The van der Waals surface area contributed by atoms with Crippen LogP contribution in [-0.4, -0.2) is 36.2 Å². The fraction of sp³-hybridized carbons (Fsp3) is 0.867. The zero-order valence-electron chi connectivity index (χ0n) is 12.8. The molecular formula is C15H27NO4. The van der Waals surface area contributed by atoms with E-state index in [9.17, 15) is 9.59 Å². The lowest BCUT2D eigenvalue weighted by atomic mass is 9.80. The Labute approximate surface area is 121 Å². The van der Waals surface area contributed by atoms with Gasteiger partial charge < -0.3 is 15.2 Å². The van der Waals surface area contributed by atoms with Gasteiger partial charge in [0.2, 0.25) is 5.91 Å². The van der Waals surface area contributed by atoms with Crippen LogP contribution in [0.1, 0.15) is 52.9 Å². The maximum absolute atomic E-state index is 11.9. The van der Waals surface area contributed by atoms with Crippen LogP contribution in [0.3, 0.4) is 0 Å². The van der Waals surface area contributed by atoms with Crippen LogP contribution in [0.2, 0.25) is 0 Å². The predicted molar refractivity (Wildman–Crippen MR) is 76.4 cm³/mol. The van der Waals surface area contributed by atoms with Gasteiger partial charge in [-0.15, -0.1) is 0 Å². The smallest absolute Gasteiger partial charge is 0.316 e. The van der Waals surface area contributed by atoms with Gasteiger partial charge in [-0.3, -0.25) is 9.59 Å². The summed E-state index contributed by atoms with van der Waals surface area (Å²) in [6.07, 6.45) is 6.19. The maximum atomic E-state index is 11.9. The highest BCUT2D eigenvalue weighted by molar-refractivity contribution is 5.97. The minimum absolute atomic E-state index is 0.304. The molecule has 0 aromatic rings. The molecule has 0 aromatic carbocycles. The molecule has 5 heteroatoms. The standard InChI is InChI=1S/C15H27NO4/c1-15(2,3)12(14(18)19)13(17)16-9-10-20-11-7-5-4-6-8-11/h11-12H,4-10H2,1-3H3,(H,16,17)(H,18,19). The number of hydrogen-bond donors (Lipinski definition) is 2. The third-order valence-electron chi connectivity index (χ3n) is 3.68. The molecule has 1 fully saturated rings. The maximum Gasteiger partial charge on any atom is 0.316 e. The molecule has 2 N–H and O–H groups in total. The van der Waals surface area contributed by atoms with E-state index in [0.717, 1.165) is 12.8 Å². The first-order chi connectivity index (χ1) is 9.32. The molecule has 0 bridgehead atoms. The first kappa shape index (κ1) is 17.0. The SMILES string of the molecule is CC(C)(C)C(C(=O)O)C(=O)NCCOC1CCCCC1. The average Bonchev–Trinajstić information content (AvgIpc) is 2.33. The number of carbonyl (C=O) groups excluding carboxylic acids is 1. The summed E-state index contributed by atoms with van der Waals surface area (Å²) in [7, 11) is 0. The van der Waals surface area contributed by atoms with Gasteiger partial charge >= 0.3 is 5.97 Å². The van der Waals surface area contributed by atoms with Crippen molar-refractivity contribution in [2.24, 2.45) is 11.3 Å². The summed E-state index contributed by atoms with van der Waals surface area (Å²) in [5.74, 6) is -2.54. The first-order valence-corrected chi connectivity index (χ1v) is 7.44. The van der Waals surface area contributed by atoms with Crippen LogP contribution in [0.4, 0.5) is 0 Å². The van der Waals surface area contributed by atoms with Gasteiger partial charge in [0, 0.05) is 6.54 Å². The van der Waals surface area contributed by atoms with E-state index in [0.29, 0.717) is 19.3 Å². The second-order valence-electron chi connectivity index (χ2n) is 6.56. The Hall–Kier alpha value is -1.10. The monoisotopic (exact) mass is 285 g/mol. The van der Waals surface area contributed by atoms with E-state index < -0.39 is 23.2 Å². The molecule has 1 aliphatic carbocycles. The third-order valence-corrected chi connectivity index (χ3v) is 3.68. The van der Waals surface area contributed by atoms with Gasteiger partial charge in [0.15, 0.2) is 0 Å². The minimum Gasteiger partial charge on any atom is -0.481 e. The second-order valence-corrected chi connectivity index (χ2v) is 6.56. The fourth-order valence-corrected chi connectivity index (χ4v) is 2.61. The molecule has 1 unspecified atom stereocenters. The van der Waals surface area contributed by atoms with Crippen molar-refractivity contribution in [1.82, 2.24) is 5.32 Å². The molecule has 0 heterocycles. The van der Waals surface area contributed by atoms with Crippen molar-refractivity contribution in [3.05, 3.63) is 0 Å². The van der Waals surface area contributed by atoms with Gasteiger partial charge in [-0.05, 0) is 18.3 Å². The predicted octanol–water partition coefficient (Wildman–Crippen LogP) is 2.20. The summed E-state index contributed by atoms with van der Waals surface area (Å²) in [5, 5.41) is 11.8. The summed E-state index contributed by atoms with van der Waals surface area (Å²) >= 11 is 0. The number of hydrogen-bond acceptors (Lipinski definition) is 3. The van der Waals surface area contributed by atoms with Gasteiger partial charge in [0.05, 0.1) is 12.7 Å². The summed E-state index contributed by atoms with van der Waals surface area (Å²) < 4.78 is 5.70. The Kier molecular flexibility index (Phi) is 6.46. The van der Waals surface area contributed by atoms with Crippen molar-refractivity contribution in [1.29, 1.82) is 0 Å². The van der Waals surface area contributed by atoms with E-state index >= 15 is 0 Å². The molecule has 1 rings (SSSR count). The molecule has 1 aliphatic rings. The van der Waals surface area contributed by atoms with E-state index in [2.05, 4.69) is 5.32 Å². The van der Waals surface area contributed by atoms with E-state index in [-0.39, 0.29) is 0 Å². The van der Waals surface area contributed by atoms with Crippen molar-refractivity contribution < 1.29 is 19.4 Å². The van der Waals surface area contributed by atoms with Crippen LogP contribution >= 0.6 is 0 Å². The lowest BCUT2D eigenvalue weighted by Gasteiger charge is -2.26. The van der Waals surface area contributed by atoms with Gasteiger partial charge in [-0.2, -0.15) is 0 Å². The Balaban J connectivity index is 2.29. The number of carboxylic acid groups (broad SMARTS) is 1. The Morgan fingerprint density at radius 3 is 2.35 bits per heavy atom. The Morgan fingerprint density at radius 1 is 1.25 bits per heavy atom. The zero-order chi connectivity index (χ0) is 15.2. The van der Waals surface area contributed by atoms with Crippen LogP contribution in [-0.2, 0) is 14.3 Å². The van der Waals surface area contributed by atoms with E-state index in [4.69, 9.17) is 9.84 Å². The van der Waals surface area contributed by atoms with Crippen molar-refractivity contribution in [3.8, 4) is 0 Å². The summed E-state index contributed by atoms with van der Waals surface area (Å²) in [6.45, 7) is 6.08. The molecule has 0 saturated heterocycles. The summed E-state index contributed by atoms with van der Waals surface area (Å²) in [5.41, 5.74) is -0.597. The number of amides is 1. The average molecular weight is 285 g/mol. The topological polar surface area (TPSA) is 75.6 Å². The van der Waals surface area contributed by atoms with Gasteiger partial charge in [-0.25, -0.2) is 0 Å². The number of carbonyl (C=O) groups is 2. The highest BCUT2D eigenvalue weighted by Crippen LogP contribution is 2.26. The number of carboxylic acids is 1. The van der Waals surface area contributed by atoms with Crippen LogP contribution in [0.15, 0.2) is 0 Å². The molecule has 20 heavy (non-hydrogen) atoms. The molecule has 0 aliphatic heterocycles. The molecule has 116 valence electrons. The lowest BCUT2D eigenvalue weighted by Crippen LogP contribution is -2.43. The van der Waals surface area contributed by atoms with Gasteiger partial charge in [0.25, 0.3) is 0 Å². The first-order valence-electron chi connectivity index (χ1n) is 7.44. The lowest BCUT2D eigenvalue weighted by molar-refractivity contribution is -0.151. The fourth-order valence-electron chi connectivity index (χ4n) is 2.61. The van der Waals surface area contributed by atoms with E-state index in [1.165, 1.54) is 19.3 Å². The number of rotatable bonds is 6. The van der Waals surface area contributed by atoms with Crippen molar-refractivity contribution in [3.63, 3.8) is 0 Å². The van der Waals surface area contributed by atoms with Crippen molar-refractivity contribution in [2.45, 2.75) is 59.0 Å². The summed E-state index contributed by atoms with van der Waals surface area (Å²) in [6, 6.07) is 0. The zero-order valence-corrected chi connectivity index (χ0v) is 12.8. The largest absolute Gasteiger partial charge is 0.481 e. The van der Waals surface area contributed by atoms with Crippen molar-refractivity contribution >= 4 is 11.9 Å². The number of aliphatic carboxylic acids is 1. The van der Waals surface area contributed by atoms with Gasteiger partial charge in [0.1, 0.15) is 5.92 Å². The normalized spacial score (nSPS) is 18.6. The highest BCUT2D eigenvalue weighted by atomic mass is 16.5. The molecule has 5 nitrogen and oxygen atoms in total. The molecule has 0 aromatic heterocycles. The highest BCUT2D eigenvalue weighted by Gasteiger charge is 2.37. The van der Waals surface area contributed by atoms with E-state index in [1.807, 2.05) is 0 Å². The third kappa shape index (κ3) is 5.49. The number of nitrogens with one attached hydrogen (secondary N) is 1. The molecular weight excluding hydrogens is 258 g/mol. The molecule has 1 atom stereocenters. The molecule has 0 radical (unpaired) electrons. The Morgan fingerprint density at radius 2 is 1.85 bits per heavy atom. The van der Waals surface area contributed by atoms with Crippen molar-refractivity contribution in [2.75, 3.05) is 13.2 Å². The number of ether oxygens (including phenoxy) is 1. The van der Waals surface area contributed by atoms with Crippen LogP contribution in [0.5, 0.6) is 0 Å². The molecule has 1 amide bonds. The quantitative estimate of drug-likeness (QED) is 0.579. The summed E-state index contributed by atoms with van der Waals surface area (Å²) in [4.78, 5) is 23.1. The van der Waals surface area contributed by atoms with Crippen LogP contribution < -0.4 is 5.32 Å². The van der Waals surface area contributed by atoms with Gasteiger partial charge in [-0.1, -0.05) is 40.0 Å². The van der Waals surface area contributed by atoms with Crippen LogP contribution in [0, 0.1) is 11.3 Å². The minimum atomic E-state index is -1.08. The Bertz CT molecular complexity index is 329. The molecule has 1 saturated carbocycles. The van der Waals surface area contributed by atoms with E-state index in [1.54, 1.807) is 20.8 Å². The molecule has 0 spiro atoms. The second kappa shape index (κ2) is 7.62. The van der Waals surface area contributed by atoms with Crippen LogP contribution in [0.25, 0.3) is 0 Å².